The molecule has 0 aliphatic rings. The van der Waals surface area contributed by atoms with Crippen LogP contribution < -0.4 is 15.8 Å². The van der Waals surface area contributed by atoms with Crippen LogP contribution in [0.2, 0.25) is 0 Å². The summed E-state index contributed by atoms with van der Waals surface area (Å²) in [6.07, 6.45) is 0. The van der Waals surface area contributed by atoms with Crippen molar-refractivity contribution in [1.29, 1.82) is 0 Å². The normalized spacial score (nSPS) is 10.0. The molecular weight excluding hydrogens is 308 g/mol. The van der Waals surface area contributed by atoms with Crippen LogP contribution in [-0.2, 0) is 0 Å². The van der Waals surface area contributed by atoms with E-state index in [9.17, 15) is 4.79 Å². The van der Waals surface area contributed by atoms with Crippen LogP contribution in [0, 0.1) is 0 Å². The van der Waals surface area contributed by atoms with Gasteiger partial charge in [0.1, 0.15) is 5.75 Å². The highest BCUT2D eigenvalue weighted by atomic mass is 79.9. The van der Waals surface area contributed by atoms with Gasteiger partial charge in [0.15, 0.2) is 0 Å². The number of nitrogen functional groups attached to an aromatic ring is 1. The number of benzene rings is 2. The molecule has 0 spiro atoms. The molecule has 0 aliphatic carbocycles. The number of anilines is 2. The Balaban J connectivity index is 2.28. The Kier molecular flexibility index (Phi) is 4.06. The van der Waals surface area contributed by atoms with Gasteiger partial charge >= 0.3 is 0 Å². The van der Waals surface area contributed by atoms with E-state index < -0.39 is 0 Å². The summed E-state index contributed by atoms with van der Waals surface area (Å²) in [5, 5.41) is 2.78. The molecule has 0 saturated heterocycles. The average molecular weight is 321 g/mol. The summed E-state index contributed by atoms with van der Waals surface area (Å²) >= 11 is 3.32. The van der Waals surface area contributed by atoms with Crippen molar-refractivity contribution in [2.45, 2.75) is 0 Å². The molecule has 0 aromatic heterocycles. The van der Waals surface area contributed by atoms with Crippen LogP contribution in [0.4, 0.5) is 11.4 Å². The lowest BCUT2D eigenvalue weighted by atomic mass is 10.1. The fourth-order valence-corrected chi connectivity index (χ4v) is 2.02. The molecular formula is C14H13BrN2O2. The number of amides is 1. The monoisotopic (exact) mass is 320 g/mol. The van der Waals surface area contributed by atoms with Gasteiger partial charge in [-0.1, -0.05) is 28.1 Å². The zero-order valence-electron chi connectivity index (χ0n) is 10.3. The van der Waals surface area contributed by atoms with Crippen molar-refractivity contribution in [3.05, 3.63) is 52.5 Å². The van der Waals surface area contributed by atoms with Gasteiger partial charge in [0.05, 0.1) is 18.4 Å². The minimum absolute atomic E-state index is 0.275. The third-order valence-corrected chi connectivity index (χ3v) is 3.11. The highest BCUT2D eigenvalue weighted by Crippen LogP contribution is 2.25. The molecule has 98 valence electrons. The molecule has 0 aliphatic heterocycles. The first-order valence-electron chi connectivity index (χ1n) is 5.61. The molecule has 0 unspecified atom stereocenters. The molecule has 2 rings (SSSR count). The van der Waals surface area contributed by atoms with Crippen molar-refractivity contribution in [2.24, 2.45) is 0 Å². The summed E-state index contributed by atoms with van der Waals surface area (Å²) in [6, 6.07) is 12.4. The van der Waals surface area contributed by atoms with Gasteiger partial charge in [-0.05, 0) is 30.3 Å². The minimum Gasteiger partial charge on any atom is -0.495 e. The standard InChI is InChI=1S/C14H13BrN2O2/c1-19-13-5-3-2-4-12(13)17-14(18)10-8-9(15)6-7-11(10)16/h2-8H,16H2,1H3,(H,17,18). The molecule has 0 saturated carbocycles. The minimum atomic E-state index is -0.275. The van der Waals surface area contributed by atoms with E-state index in [0.717, 1.165) is 4.47 Å². The van der Waals surface area contributed by atoms with E-state index in [1.807, 2.05) is 12.1 Å². The summed E-state index contributed by atoms with van der Waals surface area (Å²) < 4.78 is 5.98. The predicted octanol–water partition coefficient (Wildman–Crippen LogP) is 3.29. The largest absolute Gasteiger partial charge is 0.495 e. The Labute approximate surface area is 119 Å². The highest BCUT2D eigenvalue weighted by Gasteiger charge is 2.12. The van der Waals surface area contributed by atoms with Gasteiger partial charge in [0.25, 0.3) is 5.91 Å². The lowest BCUT2D eigenvalue weighted by Gasteiger charge is -2.11. The van der Waals surface area contributed by atoms with Crippen LogP contribution in [0.15, 0.2) is 46.9 Å². The van der Waals surface area contributed by atoms with Gasteiger partial charge in [-0.25, -0.2) is 0 Å². The molecule has 19 heavy (non-hydrogen) atoms. The Morgan fingerprint density at radius 1 is 1.26 bits per heavy atom. The molecule has 0 heterocycles. The van der Waals surface area contributed by atoms with Crippen molar-refractivity contribution in [2.75, 3.05) is 18.2 Å². The van der Waals surface area contributed by atoms with Crippen LogP contribution in [0.25, 0.3) is 0 Å². The number of hydrogen-bond donors (Lipinski definition) is 2. The Bertz CT molecular complexity index is 614. The Hall–Kier alpha value is -2.01. The molecule has 0 radical (unpaired) electrons. The third kappa shape index (κ3) is 3.06. The van der Waals surface area contributed by atoms with Gasteiger partial charge in [-0.3, -0.25) is 4.79 Å². The first kappa shape index (κ1) is 13.4. The fourth-order valence-electron chi connectivity index (χ4n) is 1.66. The summed E-state index contributed by atoms with van der Waals surface area (Å²) in [5.41, 5.74) is 7.25. The number of carbonyl (C=O) groups excluding carboxylic acids is 1. The van der Waals surface area contributed by atoms with E-state index in [4.69, 9.17) is 10.5 Å². The van der Waals surface area contributed by atoms with Gasteiger partial charge in [0, 0.05) is 10.2 Å². The topological polar surface area (TPSA) is 64.3 Å². The lowest BCUT2D eigenvalue weighted by Crippen LogP contribution is -2.14. The summed E-state index contributed by atoms with van der Waals surface area (Å²) in [4.78, 5) is 12.2. The second-order valence-corrected chi connectivity index (χ2v) is 4.80. The quantitative estimate of drug-likeness (QED) is 0.853. The third-order valence-electron chi connectivity index (χ3n) is 2.62. The molecule has 5 heteroatoms. The number of hydrogen-bond acceptors (Lipinski definition) is 3. The number of nitrogens with one attached hydrogen (secondary N) is 1. The van der Waals surface area contributed by atoms with E-state index in [2.05, 4.69) is 21.2 Å². The van der Waals surface area contributed by atoms with Crippen LogP contribution in [0.5, 0.6) is 5.75 Å². The second kappa shape index (κ2) is 5.75. The van der Waals surface area contributed by atoms with Crippen molar-refractivity contribution in [3.63, 3.8) is 0 Å². The molecule has 3 N–H and O–H groups in total. The number of methoxy groups -OCH3 is 1. The van der Waals surface area contributed by atoms with Crippen LogP contribution in [0.3, 0.4) is 0 Å². The molecule has 2 aromatic rings. The maximum Gasteiger partial charge on any atom is 0.257 e. The molecule has 2 aromatic carbocycles. The van der Waals surface area contributed by atoms with E-state index in [-0.39, 0.29) is 5.91 Å². The number of ether oxygens (including phenoxy) is 1. The maximum absolute atomic E-state index is 12.2. The highest BCUT2D eigenvalue weighted by molar-refractivity contribution is 9.10. The first-order chi connectivity index (χ1) is 9.11. The number of carbonyl (C=O) groups is 1. The van der Waals surface area contributed by atoms with Gasteiger partial charge < -0.3 is 15.8 Å². The van der Waals surface area contributed by atoms with Gasteiger partial charge in [0.2, 0.25) is 0 Å². The predicted molar refractivity (Wildman–Crippen MR) is 79.5 cm³/mol. The number of halogens is 1. The van der Waals surface area contributed by atoms with E-state index in [1.165, 1.54) is 0 Å². The van der Waals surface area contributed by atoms with Crippen LogP contribution in [-0.4, -0.2) is 13.0 Å². The van der Waals surface area contributed by atoms with Crippen molar-refractivity contribution in [1.82, 2.24) is 0 Å². The molecule has 1 amide bonds. The van der Waals surface area contributed by atoms with Crippen LogP contribution in [0.1, 0.15) is 10.4 Å². The number of nitrogens with two attached hydrogens (primary N) is 1. The zero-order valence-corrected chi connectivity index (χ0v) is 11.9. The zero-order chi connectivity index (χ0) is 13.8. The maximum atomic E-state index is 12.2. The Morgan fingerprint density at radius 3 is 2.74 bits per heavy atom. The lowest BCUT2D eigenvalue weighted by molar-refractivity contribution is 0.102. The van der Waals surface area contributed by atoms with Crippen molar-refractivity contribution in [3.8, 4) is 5.75 Å². The van der Waals surface area contributed by atoms with E-state index >= 15 is 0 Å². The van der Waals surface area contributed by atoms with E-state index in [0.29, 0.717) is 22.7 Å². The molecule has 0 fully saturated rings. The SMILES string of the molecule is COc1ccccc1NC(=O)c1cc(Br)ccc1N. The molecule has 0 atom stereocenters. The fraction of sp³-hybridized carbons (Fsp3) is 0.0714. The van der Waals surface area contributed by atoms with Crippen LogP contribution >= 0.6 is 15.9 Å². The van der Waals surface area contributed by atoms with E-state index in [1.54, 1.807) is 37.4 Å². The Morgan fingerprint density at radius 2 is 2.00 bits per heavy atom. The smallest absolute Gasteiger partial charge is 0.257 e. The van der Waals surface area contributed by atoms with Gasteiger partial charge in [-0.2, -0.15) is 0 Å². The first-order valence-corrected chi connectivity index (χ1v) is 6.40. The number of para-hydroxylation sites is 2. The summed E-state index contributed by atoms with van der Waals surface area (Å²) in [6.45, 7) is 0. The average Bonchev–Trinajstić information content (AvgIpc) is 2.42. The van der Waals surface area contributed by atoms with Crippen molar-refractivity contribution < 1.29 is 9.53 Å². The summed E-state index contributed by atoms with van der Waals surface area (Å²) in [7, 11) is 1.55. The van der Waals surface area contributed by atoms with Crippen molar-refractivity contribution >= 4 is 33.2 Å². The molecule has 4 nitrogen and oxygen atoms in total. The summed E-state index contributed by atoms with van der Waals surface area (Å²) in [5.74, 6) is 0.327. The van der Waals surface area contributed by atoms with Gasteiger partial charge in [-0.15, -0.1) is 0 Å². The second-order valence-electron chi connectivity index (χ2n) is 3.89. The number of rotatable bonds is 3. The molecule has 0 bridgehead atoms.